The second-order valence-corrected chi connectivity index (χ2v) is 17.3. The Balaban J connectivity index is 2.44. The van der Waals surface area contributed by atoms with Crippen molar-refractivity contribution in [2.75, 3.05) is 19.0 Å². The molecule has 0 spiro atoms. The Labute approximate surface area is 362 Å². The van der Waals surface area contributed by atoms with E-state index in [0.717, 1.165) is 51.4 Å². The van der Waals surface area contributed by atoms with Crippen LogP contribution in [-0.4, -0.2) is 96.0 Å². The Hall–Kier alpha value is -2.65. The third-order valence-corrected chi connectivity index (χ3v) is 10.9. The molecule has 0 bridgehead atoms. The first-order valence-corrected chi connectivity index (χ1v) is 24.5. The quantitative estimate of drug-likeness (QED) is 0.0153. The largest absolute Gasteiger partial charge is 0.462 e. The van der Waals surface area contributed by atoms with Crippen molar-refractivity contribution in [3.63, 3.8) is 0 Å². The maximum absolute atomic E-state index is 12.8. The van der Waals surface area contributed by atoms with Crippen LogP contribution in [0.2, 0.25) is 0 Å². The standard InChI is InChI=1S/C47H80O12S/c1-3-5-7-9-11-13-15-17-18-19-20-21-22-24-25-27-29-31-33-35-42(48)56-37-40(38-57-47-46(52)45(51)44(50)41(59-47)39-60(53,54)55)58-43(49)36-34-32-30-28-26-23-16-14-12-10-8-6-4-2/h6,8,10,12,14,16,19-20,23,26,40-41,44-47,50-52H,3-5,7,9,11,13,15,17-18,21-22,24-25,27-39H2,1-2H3,(H,53,54,55)/b8-6+,12-10+,16-14+,20-19+,26-23+/t40?,41-,44-,45?,46?,47+/m1/s1. The average molecular weight is 869 g/mol. The number of aliphatic hydroxyl groups excluding tert-OH is 3. The molecule has 4 N–H and O–H groups in total. The van der Waals surface area contributed by atoms with Crippen LogP contribution in [0, 0.1) is 0 Å². The van der Waals surface area contributed by atoms with Crippen LogP contribution in [0.4, 0.5) is 0 Å². The maximum atomic E-state index is 12.8. The third-order valence-electron chi connectivity index (χ3n) is 10.2. The van der Waals surface area contributed by atoms with Crippen molar-refractivity contribution in [2.45, 2.75) is 205 Å². The molecule has 1 fully saturated rings. The van der Waals surface area contributed by atoms with E-state index in [2.05, 4.69) is 38.2 Å². The number of aliphatic hydroxyl groups is 3. The van der Waals surface area contributed by atoms with Crippen molar-refractivity contribution in [3.05, 3.63) is 60.8 Å². The van der Waals surface area contributed by atoms with E-state index in [1.165, 1.54) is 77.0 Å². The van der Waals surface area contributed by atoms with Gasteiger partial charge in [0.15, 0.2) is 12.4 Å². The zero-order valence-corrected chi connectivity index (χ0v) is 37.6. The number of hydrogen-bond donors (Lipinski definition) is 4. The first kappa shape index (κ1) is 55.4. The van der Waals surface area contributed by atoms with E-state index in [9.17, 15) is 37.9 Å². The predicted octanol–water partition coefficient (Wildman–Crippen LogP) is 9.34. The van der Waals surface area contributed by atoms with E-state index in [0.29, 0.717) is 12.8 Å². The molecule has 0 aromatic carbocycles. The minimum absolute atomic E-state index is 0.115. The van der Waals surface area contributed by atoms with Gasteiger partial charge in [-0.25, -0.2) is 0 Å². The van der Waals surface area contributed by atoms with Gasteiger partial charge in [-0.2, -0.15) is 8.42 Å². The van der Waals surface area contributed by atoms with Crippen LogP contribution >= 0.6 is 0 Å². The maximum Gasteiger partial charge on any atom is 0.306 e. The molecule has 12 nitrogen and oxygen atoms in total. The molecule has 0 saturated carbocycles. The summed E-state index contributed by atoms with van der Waals surface area (Å²) >= 11 is 0. The fourth-order valence-corrected chi connectivity index (χ4v) is 7.31. The van der Waals surface area contributed by atoms with Crippen molar-refractivity contribution in [2.24, 2.45) is 0 Å². The van der Waals surface area contributed by atoms with Gasteiger partial charge in [-0.05, 0) is 57.8 Å². The summed E-state index contributed by atoms with van der Waals surface area (Å²) in [5.74, 6) is -2.05. The van der Waals surface area contributed by atoms with E-state index in [1.807, 2.05) is 36.5 Å². The van der Waals surface area contributed by atoms with E-state index in [-0.39, 0.29) is 19.4 Å². The third kappa shape index (κ3) is 31.2. The summed E-state index contributed by atoms with van der Waals surface area (Å²) in [5, 5.41) is 30.9. The molecular weight excluding hydrogens is 789 g/mol. The van der Waals surface area contributed by atoms with Crippen LogP contribution in [0.3, 0.4) is 0 Å². The number of hydrogen-bond acceptors (Lipinski definition) is 11. The molecule has 0 aromatic rings. The minimum atomic E-state index is -4.61. The number of unbranched alkanes of at least 4 members (excludes halogenated alkanes) is 18. The lowest BCUT2D eigenvalue weighted by Gasteiger charge is -2.40. The molecule has 0 amide bonds. The van der Waals surface area contributed by atoms with Crippen molar-refractivity contribution in [1.82, 2.24) is 0 Å². The predicted molar refractivity (Wildman–Crippen MR) is 238 cm³/mol. The second kappa shape index (κ2) is 37.0. The van der Waals surface area contributed by atoms with Gasteiger partial charge >= 0.3 is 11.9 Å². The van der Waals surface area contributed by atoms with Gasteiger partial charge in [0, 0.05) is 12.8 Å². The first-order chi connectivity index (χ1) is 29.0. The highest BCUT2D eigenvalue weighted by atomic mass is 32.2. The van der Waals surface area contributed by atoms with Crippen molar-refractivity contribution in [1.29, 1.82) is 0 Å². The average Bonchev–Trinajstić information content (AvgIpc) is 3.21. The van der Waals surface area contributed by atoms with Gasteiger partial charge in [-0.3, -0.25) is 14.1 Å². The van der Waals surface area contributed by atoms with Gasteiger partial charge in [0.2, 0.25) is 0 Å². The van der Waals surface area contributed by atoms with E-state index in [4.69, 9.17) is 18.9 Å². The van der Waals surface area contributed by atoms with Gasteiger partial charge in [-0.1, -0.05) is 158 Å². The molecule has 1 rings (SSSR count). The Morgan fingerprint density at radius 3 is 1.63 bits per heavy atom. The lowest BCUT2D eigenvalue weighted by Crippen LogP contribution is -2.60. The highest BCUT2D eigenvalue weighted by molar-refractivity contribution is 7.85. The zero-order chi connectivity index (χ0) is 44.1. The first-order valence-electron chi connectivity index (χ1n) is 22.9. The number of rotatable bonds is 37. The molecule has 3 unspecified atom stereocenters. The zero-order valence-electron chi connectivity index (χ0n) is 36.8. The smallest absolute Gasteiger partial charge is 0.306 e. The Bertz CT molecular complexity index is 1340. The summed E-state index contributed by atoms with van der Waals surface area (Å²) in [4.78, 5) is 25.4. The number of ether oxygens (including phenoxy) is 4. The molecule has 13 heteroatoms. The van der Waals surface area contributed by atoms with E-state index >= 15 is 0 Å². The normalized spacial score (nSPS) is 20.7. The number of allylic oxidation sites excluding steroid dienone is 10. The molecule has 0 aliphatic carbocycles. The summed E-state index contributed by atoms with van der Waals surface area (Å²) in [5.41, 5.74) is 0. The molecule has 1 heterocycles. The number of carbonyl (C=O) groups is 2. The Kier molecular flexibility index (Phi) is 34.1. The molecule has 1 aliphatic rings. The molecular formula is C47H80O12S. The van der Waals surface area contributed by atoms with Gasteiger partial charge in [0.1, 0.15) is 36.8 Å². The van der Waals surface area contributed by atoms with E-state index in [1.54, 1.807) is 0 Å². The Morgan fingerprint density at radius 2 is 1.07 bits per heavy atom. The summed E-state index contributed by atoms with van der Waals surface area (Å²) in [6.45, 7) is 3.57. The second-order valence-electron chi connectivity index (χ2n) is 15.8. The molecule has 60 heavy (non-hydrogen) atoms. The lowest BCUT2D eigenvalue weighted by atomic mass is 10.00. The fourth-order valence-electron chi connectivity index (χ4n) is 6.62. The molecule has 1 aliphatic heterocycles. The van der Waals surface area contributed by atoms with Crippen LogP contribution in [0.1, 0.15) is 168 Å². The summed E-state index contributed by atoms with van der Waals surface area (Å²) < 4.78 is 54.0. The lowest BCUT2D eigenvalue weighted by molar-refractivity contribution is -0.297. The van der Waals surface area contributed by atoms with Crippen LogP contribution in [-0.2, 0) is 38.7 Å². The van der Waals surface area contributed by atoms with Gasteiger partial charge < -0.3 is 34.3 Å². The summed E-state index contributed by atoms with van der Waals surface area (Å²) in [7, 11) is -4.61. The number of esters is 2. The topological polar surface area (TPSA) is 186 Å². The Morgan fingerprint density at radius 1 is 0.583 bits per heavy atom. The molecule has 6 atom stereocenters. The summed E-state index contributed by atoms with van der Waals surface area (Å²) in [6, 6.07) is 0. The molecule has 0 radical (unpaired) electrons. The van der Waals surface area contributed by atoms with Crippen LogP contribution in [0.15, 0.2) is 60.8 Å². The van der Waals surface area contributed by atoms with Crippen molar-refractivity contribution >= 4 is 22.1 Å². The van der Waals surface area contributed by atoms with Crippen molar-refractivity contribution in [3.8, 4) is 0 Å². The number of carbonyl (C=O) groups excluding carboxylic acids is 2. The van der Waals surface area contributed by atoms with Crippen LogP contribution in [0.25, 0.3) is 0 Å². The monoisotopic (exact) mass is 869 g/mol. The highest BCUT2D eigenvalue weighted by Gasteiger charge is 2.46. The van der Waals surface area contributed by atoms with Gasteiger partial charge in [0.25, 0.3) is 10.1 Å². The molecule has 1 saturated heterocycles. The highest BCUT2D eigenvalue weighted by Crippen LogP contribution is 2.24. The van der Waals surface area contributed by atoms with Gasteiger partial charge in [-0.15, -0.1) is 0 Å². The SMILES string of the molecule is CC/C=C/C=C/C=C/C=C/CCCCCC(=O)OC(COC(=O)CCCCCCCCC/C=C/CCCCCCCCCC)CO[C@H]1O[C@H](CS(=O)(=O)O)[C@@H](O)C(O)C1O. The fraction of sp³-hybridized carbons (Fsp3) is 0.745. The van der Waals surface area contributed by atoms with Crippen LogP contribution in [0.5, 0.6) is 0 Å². The van der Waals surface area contributed by atoms with E-state index < -0.39 is 71.2 Å². The molecule has 346 valence electrons. The summed E-state index contributed by atoms with van der Waals surface area (Å²) in [6.07, 6.45) is 35.6. The molecule has 0 aromatic heterocycles. The van der Waals surface area contributed by atoms with Gasteiger partial charge in [0.05, 0.1) is 6.61 Å². The van der Waals surface area contributed by atoms with Crippen LogP contribution < -0.4 is 0 Å². The van der Waals surface area contributed by atoms with Crippen molar-refractivity contribution < 1.29 is 56.8 Å². The minimum Gasteiger partial charge on any atom is -0.462 e.